The van der Waals surface area contributed by atoms with Crippen LogP contribution in [0.3, 0.4) is 0 Å². The summed E-state index contributed by atoms with van der Waals surface area (Å²) in [6.45, 7) is 2.03. The van der Waals surface area contributed by atoms with Crippen LogP contribution in [-0.4, -0.2) is 9.55 Å². The number of nitrogens with zero attached hydrogens (tertiary/aromatic N) is 2. The fraction of sp³-hybridized carbons (Fsp3) is 0.182. The molecule has 0 saturated heterocycles. The monoisotopic (exact) mass is 203 g/mol. The fourth-order valence-corrected chi connectivity index (χ4v) is 1.28. The first-order valence-corrected chi connectivity index (χ1v) is 4.68. The number of benzene rings is 1. The minimum atomic E-state index is 0.458. The lowest BCUT2D eigenvalue weighted by molar-refractivity contribution is 0.425. The minimum Gasteiger partial charge on any atom is -0.425 e. The number of ether oxygens (including phenoxy) is 1. The number of nitrogens with two attached hydrogens (primary N) is 1. The molecule has 1 heterocycles. The normalized spacial score (nSPS) is 10.3. The van der Waals surface area contributed by atoms with Crippen LogP contribution in [-0.2, 0) is 7.05 Å². The van der Waals surface area contributed by atoms with Gasteiger partial charge in [-0.15, -0.1) is 0 Å². The van der Waals surface area contributed by atoms with E-state index in [1.165, 1.54) is 5.56 Å². The van der Waals surface area contributed by atoms with Crippen LogP contribution in [0.5, 0.6) is 11.8 Å². The first kappa shape index (κ1) is 9.58. The summed E-state index contributed by atoms with van der Waals surface area (Å²) in [5, 5.41) is 0. The Morgan fingerprint density at radius 1 is 1.27 bits per heavy atom. The molecule has 0 spiro atoms. The van der Waals surface area contributed by atoms with Gasteiger partial charge in [0, 0.05) is 7.05 Å². The molecule has 15 heavy (non-hydrogen) atoms. The number of aromatic nitrogens is 2. The highest BCUT2D eigenvalue weighted by Gasteiger charge is 2.04. The molecule has 4 nitrogen and oxygen atoms in total. The molecule has 0 aliphatic heterocycles. The molecule has 0 unspecified atom stereocenters. The zero-order chi connectivity index (χ0) is 10.8. The Bertz CT molecular complexity index is 459. The molecule has 0 atom stereocenters. The van der Waals surface area contributed by atoms with Crippen molar-refractivity contribution in [2.45, 2.75) is 6.92 Å². The van der Waals surface area contributed by atoms with E-state index in [0.29, 0.717) is 11.8 Å². The maximum atomic E-state index is 5.56. The molecule has 0 fully saturated rings. The fourth-order valence-electron chi connectivity index (χ4n) is 1.28. The molecule has 1 aromatic carbocycles. The third-order valence-corrected chi connectivity index (χ3v) is 2.08. The first-order chi connectivity index (χ1) is 7.15. The van der Waals surface area contributed by atoms with E-state index in [0.717, 1.165) is 5.75 Å². The van der Waals surface area contributed by atoms with Gasteiger partial charge in [-0.3, -0.25) is 0 Å². The van der Waals surface area contributed by atoms with Crippen molar-refractivity contribution in [3.8, 4) is 11.8 Å². The Balaban J connectivity index is 2.21. The van der Waals surface area contributed by atoms with Crippen molar-refractivity contribution in [3.63, 3.8) is 0 Å². The quantitative estimate of drug-likeness (QED) is 0.813. The van der Waals surface area contributed by atoms with Crippen molar-refractivity contribution in [2.75, 3.05) is 5.73 Å². The summed E-state index contributed by atoms with van der Waals surface area (Å²) in [7, 11) is 1.84. The Hall–Kier alpha value is -1.97. The van der Waals surface area contributed by atoms with Crippen LogP contribution >= 0.6 is 0 Å². The Kier molecular flexibility index (Phi) is 2.33. The summed E-state index contributed by atoms with van der Waals surface area (Å²) >= 11 is 0. The van der Waals surface area contributed by atoms with Crippen LogP contribution in [0.25, 0.3) is 0 Å². The highest BCUT2D eigenvalue weighted by molar-refractivity contribution is 5.32. The van der Waals surface area contributed by atoms with E-state index >= 15 is 0 Å². The number of imidazole rings is 1. The van der Waals surface area contributed by atoms with Crippen LogP contribution < -0.4 is 10.5 Å². The largest absolute Gasteiger partial charge is 0.425 e. The van der Waals surface area contributed by atoms with Gasteiger partial charge in [-0.25, -0.2) is 0 Å². The van der Waals surface area contributed by atoms with Gasteiger partial charge >= 0.3 is 6.01 Å². The SMILES string of the molecule is Cc1ccc(Oc2nc(N)cn2C)cc1. The van der Waals surface area contributed by atoms with E-state index in [9.17, 15) is 0 Å². The molecular formula is C11H13N3O. The van der Waals surface area contributed by atoms with Crippen molar-refractivity contribution in [2.24, 2.45) is 7.05 Å². The van der Waals surface area contributed by atoms with Gasteiger partial charge in [0.2, 0.25) is 0 Å². The Morgan fingerprint density at radius 2 is 1.93 bits per heavy atom. The van der Waals surface area contributed by atoms with Gasteiger partial charge < -0.3 is 15.0 Å². The average molecular weight is 203 g/mol. The topological polar surface area (TPSA) is 53.1 Å². The third-order valence-electron chi connectivity index (χ3n) is 2.08. The van der Waals surface area contributed by atoms with Gasteiger partial charge in [0.15, 0.2) is 0 Å². The highest BCUT2D eigenvalue weighted by atomic mass is 16.5. The van der Waals surface area contributed by atoms with E-state index in [1.807, 2.05) is 38.2 Å². The van der Waals surface area contributed by atoms with Gasteiger partial charge in [0.25, 0.3) is 0 Å². The molecule has 0 aliphatic rings. The molecule has 4 heteroatoms. The van der Waals surface area contributed by atoms with Crippen molar-refractivity contribution >= 4 is 5.82 Å². The standard InChI is InChI=1S/C11H13N3O/c1-8-3-5-9(6-4-8)15-11-13-10(12)7-14(11)2/h3-7H,12H2,1-2H3. The Labute approximate surface area is 88.3 Å². The Morgan fingerprint density at radius 3 is 2.47 bits per heavy atom. The number of hydrogen-bond acceptors (Lipinski definition) is 3. The number of rotatable bonds is 2. The maximum Gasteiger partial charge on any atom is 0.303 e. The molecule has 2 rings (SSSR count). The predicted octanol–water partition coefficient (Wildman–Crippen LogP) is 2.10. The molecular weight excluding hydrogens is 190 g/mol. The van der Waals surface area contributed by atoms with Crippen LogP contribution in [0.2, 0.25) is 0 Å². The molecule has 2 aromatic rings. The predicted molar refractivity (Wildman–Crippen MR) is 58.9 cm³/mol. The summed E-state index contributed by atoms with van der Waals surface area (Å²) in [6, 6.07) is 8.28. The van der Waals surface area contributed by atoms with Crippen molar-refractivity contribution in [3.05, 3.63) is 36.0 Å². The average Bonchev–Trinajstić information content (AvgIpc) is 2.49. The molecule has 2 N–H and O–H groups in total. The third kappa shape index (κ3) is 2.10. The van der Waals surface area contributed by atoms with Crippen LogP contribution in [0, 0.1) is 6.92 Å². The van der Waals surface area contributed by atoms with Gasteiger partial charge in [-0.1, -0.05) is 17.7 Å². The van der Waals surface area contributed by atoms with Gasteiger partial charge in [0.1, 0.15) is 11.6 Å². The highest BCUT2D eigenvalue weighted by Crippen LogP contribution is 2.20. The number of aryl methyl sites for hydroxylation is 2. The van der Waals surface area contributed by atoms with E-state index in [-0.39, 0.29) is 0 Å². The zero-order valence-corrected chi connectivity index (χ0v) is 8.77. The zero-order valence-electron chi connectivity index (χ0n) is 8.77. The van der Waals surface area contributed by atoms with E-state index in [4.69, 9.17) is 10.5 Å². The van der Waals surface area contributed by atoms with Crippen molar-refractivity contribution < 1.29 is 4.74 Å². The lowest BCUT2D eigenvalue weighted by Crippen LogP contribution is -1.93. The van der Waals surface area contributed by atoms with Crippen LogP contribution in [0.1, 0.15) is 5.56 Å². The van der Waals surface area contributed by atoms with Crippen LogP contribution in [0.15, 0.2) is 30.5 Å². The molecule has 0 bridgehead atoms. The molecule has 0 amide bonds. The molecule has 78 valence electrons. The van der Waals surface area contributed by atoms with Crippen molar-refractivity contribution in [1.82, 2.24) is 9.55 Å². The van der Waals surface area contributed by atoms with Gasteiger partial charge in [-0.05, 0) is 19.1 Å². The van der Waals surface area contributed by atoms with Gasteiger partial charge in [-0.2, -0.15) is 4.98 Å². The van der Waals surface area contributed by atoms with E-state index in [2.05, 4.69) is 4.98 Å². The molecule has 1 aromatic heterocycles. The van der Waals surface area contributed by atoms with Crippen LogP contribution in [0.4, 0.5) is 5.82 Å². The van der Waals surface area contributed by atoms with E-state index in [1.54, 1.807) is 10.8 Å². The number of hydrogen-bond donors (Lipinski definition) is 1. The second-order valence-corrected chi connectivity index (χ2v) is 3.47. The lowest BCUT2D eigenvalue weighted by Gasteiger charge is -2.04. The summed E-state index contributed by atoms with van der Waals surface area (Å²) < 4.78 is 7.30. The van der Waals surface area contributed by atoms with E-state index < -0.39 is 0 Å². The summed E-state index contributed by atoms with van der Waals surface area (Å²) in [5.74, 6) is 1.22. The molecule has 0 radical (unpaired) electrons. The number of nitrogen functional groups attached to an aromatic ring is 1. The molecule has 0 aliphatic carbocycles. The second kappa shape index (κ2) is 3.65. The van der Waals surface area contributed by atoms with Crippen molar-refractivity contribution in [1.29, 1.82) is 0 Å². The lowest BCUT2D eigenvalue weighted by atomic mass is 10.2. The smallest absolute Gasteiger partial charge is 0.303 e. The minimum absolute atomic E-state index is 0.458. The second-order valence-electron chi connectivity index (χ2n) is 3.47. The summed E-state index contributed by atoms with van der Waals surface area (Å²) in [4.78, 5) is 4.05. The van der Waals surface area contributed by atoms with Gasteiger partial charge in [0.05, 0.1) is 6.20 Å². The summed E-state index contributed by atoms with van der Waals surface area (Å²) in [6.07, 6.45) is 1.71. The first-order valence-electron chi connectivity index (χ1n) is 4.68. The number of anilines is 1. The molecule has 0 saturated carbocycles. The maximum absolute atomic E-state index is 5.56. The summed E-state index contributed by atoms with van der Waals surface area (Å²) in [5.41, 5.74) is 6.74.